The van der Waals surface area contributed by atoms with Gasteiger partial charge in [-0.3, -0.25) is 9.59 Å². The van der Waals surface area contributed by atoms with Gasteiger partial charge in [-0.05, 0) is 36.8 Å². The molecular formula is C29H30N6O4S. The van der Waals surface area contributed by atoms with E-state index in [0.29, 0.717) is 55.1 Å². The number of carbonyl (C=O) groups excluding carboxylic acids is 2. The molecule has 0 saturated carbocycles. The number of nitrogens with zero attached hydrogens (tertiary/aromatic N) is 6. The number of hydrogen-bond acceptors (Lipinski definition) is 9. The molecule has 2 aromatic carbocycles. The molecule has 0 spiro atoms. The van der Waals surface area contributed by atoms with Gasteiger partial charge in [0.15, 0.2) is 0 Å². The molecule has 0 bridgehead atoms. The Morgan fingerprint density at radius 1 is 1.07 bits per heavy atom. The van der Waals surface area contributed by atoms with Crippen molar-refractivity contribution in [2.75, 3.05) is 20.1 Å². The summed E-state index contributed by atoms with van der Waals surface area (Å²) in [6, 6.07) is 13.5. The molecule has 2 aliphatic heterocycles. The Bertz CT molecular complexity index is 1550. The summed E-state index contributed by atoms with van der Waals surface area (Å²) in [5.74, 6) is 2.59. The first-order valence-electron chi connectivity index (χ1n) is 13.4. The monoisotopic (exact) mass is 558 g/mol. The lowest BCUT2D eigenvalue weighted by atomic mass is 10.1. The van der Waals surface area contributed by atoms with Gasteiger partial charge in [0.25, 0.3) is 0 Å². The highest BCUT2D eigenvalue weighted by Gasteiger charge is 2.32. The van der Waals surface area contributed by atoms with Crippen LogP contribution >= 0.6 is 11.3 Å². The maximum atomic E-state index is 12.3. The Labute approximate surface area is 236 Å². The lowest BCUT2D eigenvalue weighted by Gasteiger charge is -2.19. The van der Waals surface area contributed by atoms with Crippen molar-refractivity contribution in [3.63, 3.8) is 0 Å². The number of benzene rings is 2. The summed E-state index contributed by atoms with van der Waals surface area (Å²) in [5, 5.41) is 14.7. The fourth-order valence-electron chi connectivity index (χ4n) is 4.92. The van der Waals surface area contributed by atoms with Crippen LogP contribution in [0, 0.1) is 0 Å². The number of rotatable bonds is 8. The van der Waals surface area contributed by atoms with Crippen molar-refractivity contribution in [1.29, 1.82) is 0 Å². The van der Waals surface area contributed by atoms with Crippen molar-refractivity contribution in [3.8, 4) is 33.5 Å². The molecule has 40 heavy (non-hydrogen) atoms. The molecule has 206 valence electrons. The lowest BCUT2D eigenvalue weighted by Crippen LogP contribution is -2.24. The van der Waals surface area contributed by atoms with E-state index in [-0.39, 0.29) is 17.7 Å². The fourth-order valence-corrected chi connectivity index (χ4v) is 5.77. The highest BCUT2D eigenvalue weighted by Crippen LogP contribution is 2.35. The van der Waals surface area contributed by atoms with Crippen molar-refractivity contribution in [1.82, 2.24) is 30.1 Å². The van der Waals surface area contributed by atoms with E-state index in [0.717, 1.165) is 39.7 Å². The van der Waals surface area contributed by atoms with E-state index < -0.39 is 0 Å². The van der Waals surface area contributed by atoms with Gasteiger partial charge in [-0.25, -0.2) is 0 Å². The first-order chi connectivity index (χ1) is 19.3. The molecule has 1 atom stereocenters. The Kier molecular flexibility index (Phi) is 7.05. The first-order valence-corrected chi connectivity index (χ1v) is 14.3. The zero-order valence-corrected chi connectivity index (χ0v) is 23.5. The summed E-state index contributed by atoms with van der Waals surface area (Å²) in [4.78, 5) is 32.4. The summed E-state index contributed by atoms with van der Waals surface area (Å²) >= 11 is 1.59. The Morgan fingerprint density at radius 2 is 1.88 bits per heavy atom. The molecule has 11 heteroatoms. The quantitative estimate of drug-likeness (QED) is 0.288. The van der Waals surface area contributed by atoms with E-state index >= 15 is 0 Å². The van der Waals surface area contributed by atoms with E-state index in [4.69, 9.17) is 9.26 Å². The first kappa shape index (κ1) is 26.1. The van der Waals surface area contributed by atoms with Crippen molar-refractivity contribution in [2.24, 2.45) is 0 Å². The van der Waals surface area contributed by atoms with Gasteiger partial charge in [0, 0.05) is 62.1 Å². The predicted molar refractivity (Wildman–Crippen MR) is 149 cm³/mol. The minimum absolute atomic E-state index is 0.0683. The van der Waals surface area contributed by atoms with Gasteiger partial charge in [-0.2, -0.15) is 4.98 Å². The lowest BCUT2D eigenvalue weighted by molar-refractivity contribution is -0.128. The fraction of sp³-hybridized carbons (Fsp3) is 0.379. The van der Waals surface area contributed by atoms with E-state index in [9.17, 15) is 9.59 Å². The molecule has 4 aromatic rings. The third-order valence-electron chi connectivity index (χ3n) is 7.25. The van der Waals surface area contributed by atoms with Gasteiger partial charge in [0.1, 0.15) is 21.5 Å². The number of carbonyl (C=O) groups is 2. The standard InChI is InChI=1S/C29H30N6O4S/c1-17(2)28-31-32-29(40-28)18-8-10-22(11-9-18)38-23-13-19(6-7-20(23)16-35-12-4-5-24(35)36)26-30-27(39-33-26)21-14-25(37)34(3)15-21/h6-11,13,17,21H,4-5,12,14-16H2,1-3H3. The highest BCUT2D eigenvalue weighted by molar-refractivity contribution is 7.14. The minimum atomic E-state index is -0.113. The number of hydrogen-bond donors (Lipinski definition) is 0. The summed E-state index contributed by atoms with van der Waals surface area (Å²) in [6.07, 6.45) is 1.80. The second-order valence-electron chi connectivity index (χ2n) is 10.6. The van der Waals surface area contributed by atoms with E-state index in [1.165, 1.54) is 0 Å². The summed E-state index contributed by atoms with van der Waals surface area (Å²) in [7, 11) is 1.77. The summed E-state index contributed by atoms with van der Waals surface area (Å²) in [5.41, 5.74) is 2.59. The molecule has 0 radical (unpaired) electrons. The molecule has 4 heterocycles. The van der Waals surface area contributed by atoms with Gasteiger partial charge < -0.3 is 19.1 Å². The highest BCUT2D eigenvalue weighted by atomic mass is 32.1. The minimum Gasteiger partial charge on any atom is -0.457 e. The Balaban J connectivity index is 1.27. The van der Waals surface area contributed by atoms with Crippen molar-refractivity contribution < 1.29 is 18.8 Å². The predicted octanol–water partition coefficient (Wildman–Crippen LogP) is 5.24. The number of ether oxygens (including phenoxy) is 1. The van der Waals surface area contributed by atoms with Gasteiger partial charge in [0.05, 0.1) is 5.92 Å². The maximum Gasteiger partial charge on any atom is 0.232 e. The van der Waals surface area contributed by atoms with Crippen molar-refractivity contribution in [2.45, 2.75) is 51.5 Å². The Hall–Kier alpha value is -4.12. The van der Waals surface area contributed by atoms with Crippen LogP contribution in [0.4, 0.5) is 0 Å². The van der Waals surface area contributed by atoms with E-state index in [1.54, 1.807) is 23.3 Å². The molecule has 2 saturated heterocycles. The molecule has 2 amide bonds. The summed E-state index contributed by atoms with van der Waals surface area (Å²) < 4.78 is 11.9. The van der Waals surface area contributed by atoms with E-state index in [2.05, 4.69) is 34.2 Å². The van der Waals surface area contributed by atoms with Crippen molar-refractivity contribution in [3.05, 3.63) is 58.9 Å². The molecule has 10 nitrogen and oxygen atoms in total. The zero-order chi connectivity index (χ0) is 27.8. The number of amides is 2. The maximum absolute atomic E-state index is 12.3. The van der Waals surface area contributed by atoms with Crippen LogP contribution in [0.2, 0.25) is 0 Å². The van der Waals surface area contributed by atoms with Gasteiger partial charge in [-0.1, -0.05) is 42.5 Å². The molecular weight excluding hydrogens is 528 g/mol. The second-order valence-corrected chi connectivity index (χ2v) is 11.6. The molecule has 1 unspecified atom stereocenters. The molecule has 2 aliphatic rings. The van der Waals surface area contributed by atoms with Crippen LogP contribution in [-0.4, -0.2) is 62.1 Å². The van der Waals surface area contributed by atoms with E-state index in [1.807, 2.05) is 47.4 Å². The van der Waals surface area contributed by atoms with Gasteiger partial charge in [-0.15, -0.1) is 10.2 Å². The normalized spacial score (nSPS) is 17.4. The SMILES string of the molecule is CC(C)c1nnc(-c2ccc(Oc3cc(-c4noc(C5CC(=O)N(C)C5)n4)ccc3CN3CCCC3=O)cc2)s1. The average Bonchev–Trinajstić information content (AvgIpc) is 3.75. The second kappa shape index (κ2) is 10.8. The molecule has 0 aliphatic carbocycles. The van der Waals surface area contributed by atoms with Crippen molar-refractivity contribution >= 4 is 23.2 Å². The van der Waals surface area contributed by atoms with Crippen LogP contribution in [0.3, 0.4) is 0 Å². The Morgan fingerprint density at radius 3 is 2.55 bits per heavy atom. The topological polar surface area (TPSA) is 115 Å². The largest absolute Gasteiger partial charge is 0.457 e. The third kappa shape index (κ3) is 5.33. The van der Waals surface area contributed by atoms with Gasteiger partial charge in [0.2, 0.25) is 23.5 Å². The average molecular weight is 559 g/mol. The van der Waals surface area contributed by atoms with Gasteiger partial charge >= 0.3 is 0 Å². The molecule has 6 rings (SSSR count). The number of aromatic nitrogens is 4. The number of likely N-dealkylation sites (tertiary alicyclic amines) is 2. The molecule has 2 aromatic heterocycles. The third-order valence-corrected chi connectivity index (χ3v) is 8.53. The van der Waals surface area contributed by atoms with Crippen LogP contribution < -0.4 is 4.74 Å². The van der Waals surface area contributed by atoms with Crippen LogP contribution in [-0.2, 0) is 16.1 Å². The molecule has 2 fully saturated rings. The zero-order valence-electron chi connectivity index (χ0n) is 22.7. The van der Waals surface area contributed by atoms with Crippen LogP contribution in [0.5, 0.6) is 11.5 Å². The van der Waals surface area contributed by atoms with Crippen LogP contribution in [0.25, 0.3) is 22.0 Å². The van der Waals surface area contributed by atoms with Crippen LogP contribution in [0.15, 0.2) is 47.0 Å². The summed E-state index contributed by atoms with van der Waals surface area (Å²) in [6.45, 7) is 5.96. The smallest absolute Gasteiger partial charge is 0.232 e. The molecule has 0 N–H and O–H groups in total. The van der Waals surface area contributed by atoms with Crippen LogP contribution in [0.1, 0.15) is 61.4 Å². The number of likely N-dealkylation sites (N-methyl/N-ethyl adjacent to an activating group) is 1.